The Morgan fingerprint density at radius 2 is 1.84 bits per heavy atom. The van der Waals surface area contributed by atoms with Gasteiger partial charge in [0.05, 0.1) is 6.61 Å². The zero-order valence-corrected chi connectivity index (χ0v) is 11.3. The van der Waals surface area contributed by atoms with Gasteiger partial charge in [-0.15, -0.1) is 0 Å². The SMILES string of the molecule is CCOc1ccc(C(C)NCc2cncnc2)cc1. The molecule has 0 bridgehead atoms. The third kappa shape index (κ3) is 4.03. The van der Waals surface area contributed by atoms with E-state index in [1.165, 1.54) is 5.56 Å². The van der Waals surface area contributed by atoms with Crippen LogP contribution in [0, 0.1) is 0 Å². The van der Waals surface area contributed by atoms with Gasteiger partial charge in [-0.2, -0.15) is 0 Å². The monoisotopic (exact) mass is 257 g/mol. The molecule has 2 aromatic rings. The summed E-state index contributed by atoms with van der Waals surface area (Å²) in [4.78, 5) is 8.00. The maximum absolute atomic E-state index is 5.43. The standard InChI is InChI=1S/C15H19N3O/c1-3-19-15-6-4-14(5-7-15)12(2)18-10-13-8-16-11-17-9-13/h4-9,11-12,18H,3,10H2,1-2H3. The third-order valence-corrected chi connectivity index (χ3v) is 2.92. The van der Waals surface area contributed by atoms with Crippen molar-refractivity contribution in [2.24, 2.45) is 0 Å². The van der Waals surface area contributed by atoms with Gasteiger partial charge in [-0.1, -0.05) is 12.1 Å². The summed E-state index contributed by atoms with van der Waals surface area (Å²) in [6.07, 6.45) is 5.19. The van der Waals surface area contributed by atoms with Crippen molar-refractivity contribution < 1.29 is 4.74 Å². The summed E-state index contributed by atoms with van der Waals surface area (Å²) >= 11 is 0. The zero-order valence-electron chi connectivity index (χ0n) is 11.3. The van der Waals surface area contributed by atoms with Crippen molar-refractivity contribution in [3.05, 3.63) is 54.1 Å². The maximum Gasteiger partial charge on any atom is 0.119 e. The molecule has 1 aromatic carbocycles. The number of hydrogen-bond donors (Lipinski definition) is 1. The summed E-state index contributed by atoms with van der Waals surface area (Å²) in [6.45, 7) is 5.58. The molecule has 1 heterocycles. The molecule has 0 radical (unpaired) electrons. The highest BCUT2D eigenvalue weighted by molar-refractivity contribution is 5.29. The van der Waals surface area contributed by atoms with Crippen molar-refractivity contribution in [1.29, 1.82) is 0 Å². The molecule has 4 nitrogen and oxygen atoms in total. The molecule has 0 aliphatic rings. The number of aromatic nitrogens is 2. The Morgan fingerprint density at radius 1 is 1.16 bits per heavy atom. The van der Waals surface area contributed by atoms with Crippen LogP contribution in [0.2, 0.25) is 0 Å². The van der Waals surface area contributed by atoms with Crippen molar-refractivity contribution in [1.82, 2.24) is 15.3 Å². The summed E-state index contributed by atoms with van der Waals surface area (Å²) in [7, 11) is 0. The lowest BCUT2D eigenvalue weighted by atomic mass is 10.1. The van der Waals surface area contributed by atoms with E-state index in [4.69, 9.17) is 4.74 Å². The van der Waals surface area contributed by atoms with Crippen LogP contribution in [-0.4, -0.2) is 16.6 Å². The second kappa shape index (κ2) is 6.85. The highest BCUT2D eigenvalue weighted by Crippen LogP contribution is 2.17. The maximum atomic E-state index is 5.43. The summed E-state index contributed by atoms with van der Waals surface area (Å²) < 4.78 is 5.43. The predicted octanol–water partition coefficient (Wildman–Crippen LogP) is 2.73. The van der Waals surface area contributed by atoms with Gasteiger partial charge in [0.15, 0.2) is 0 Å². The highest BCUT2D eigenvalue weighted by atomic mass is 16.5. The molecular weight excluding hydrogens is 238 g/mol. The Bertz CT molecular complexity index is 485. The number of ether oxygens (including phenoxy) is 1. The molecule has 4 heteroatoms. The van der Waals surface area contributed by atoms with E-state index in [1.54, 1.807) is 6.33 Å². The Labute approximate surface area is 113 Å². The van der Waals surface area contributed by atoms with E-state index in [0.29, 0.717) is 6.61 Å². The number of rotatable bonds is 6. The van der Waals surface area contributed by atoms with E-state index in [0.717, 1.165) is 17.9 Å². The summed E-state index contributed by atoms with van der Waals surface area (Å²) in [5.41, 5.74) is 2.32. The molecule has 0 saturated carbocycles. The molecule has 1 unspecified atom stereocenters. The van der Waals surface area contributed by atoms with Crippen LogP contribution in [0.5, 0.6) is 5.75 Å². The van der Waals surface area contributed by atoms with E-state index in [1.807, 2.05) is 31.5 Å². The minimum atomic E-state index is 0.274. The lowest BCUT2D eigenvalue weighted by molar-refractivity contribution is 0.340. The molecule has 19 heavy (non-hydrogen) atoms. The molecule has 0 spiro atoms. The van der Waals surface area contributed by atoms with Gasteiger partial charge in [-0.05, 0) is 31.5 Å². The Hall–Kier alpha value is -1.94. The van der Waals surface area contributed by atoms with E-state index < -0.39 is 0 Å². The van der Waals surface area contributed by atoms with E-state index in [-0.39, 0.29) is 6.04 Å². The van der Waals surface area contributed by atoms with E-state index >= 15 is 0 Å². The van der Waals surface area contributed by atoms with Gasteiger partial charge in [0, 0.05) is 30.5 Å². The van der Waals surface area contributed by atoms with Gasteiger partial charge < -0.3 is 10.1 Å². The first-order chi connectivity index (χ1) is 9.29. The average Bonchev–Trinajstić information content (AvgIpc) is 2.47. The fourth-order valence-corrected chi connectivity index (χ4v) is 1.83. The zero-order chi connectivity index (χ0) is 13.5. The summed E-state index contributed by atoms with van der Waals surface area (Å²) in [5, 5.41) is 3.45. The summed E-state index contributed by atoms with van der Waals surface area (Å²) in [6, 6.07) is 8.45. The number of hydrogen-bond acceptors (Lipinski definition) is 4. The molecule has 0 aliphatic carbocycles. The molecule has 1 N–H and O–H groups in total. The van der Waals surface area contributed by atoms with Gasteiger partial charge >= 0.3 is 0 Å². The number of benzene rings is 1. The Kier molecular flexibility index (Phi) is 4.86. The first kappa shape index (κ1) is 13.5. The van der Waals surface area contributed by atoms with Gasteiger partial charge in [0.1, 0.15) is 12.1 Å². The highest BCUT2D eigenvalue weighted by Gasteiger charge is 2.05. The molecule has 0 fully saturated rings. The van der Waals surface area contributed by atoms with Crippen LogP contribution < -0.4 is 10.1 Å². The minimum Gasteiger partial charge on any atom is -0.494 e. The second-order valence-electron chi connectivity index (χ2n) is 4.35. The number of nitrogens with one attached hydrogen (secondary N) is 1. The summed E-state index contributed by atoms with van der Waals surface area (Å²) in [5.74, 6) is 0.912. The van der Waals surface area contributed by atoms with Crippen LogP contribution in [0.15, 0.2) is 43.0 Å². The van der Waals surface area contributed by atoms with Gasteiger partial charge in [-0.3, -0.25) is 0 Å². The van der Waals surface area contributed by atoms with Crippen LogP contribution in [0.4, 0.5) is 0 Å². The fraction of sp³-hybridized carbons (Fsp3) is 0.333. The number of nitrogens with zero attached hydrogens (tertiary/aromatic N) is 2. The van der Waals surface area contributed by atoms with Crippen molar-refractivity contribution in [3.8, 4) is 5.75 Å². The van der Waals surface area contributed by atoms with Crippen molar-refractivity contribution in [2.75, 3.05) is 6.61 Å². The van der Waals surface area contributed by atoms with Crippen molar-refractivity contribution in [2.45, 2.75) is 26.4 Å². The van der Waals surface area contributed by atoms with Crippen LogP contribution in [0.25, 0.3) is 0 Å². The second-order valence-corrected chi connectivity index (χ2v) is 4.35. The average molecular weight is 257 g/mol. The quantitative estimate of drug-likeness (QED) is 0.864. The van der Waals surface area contributed by atoms with Crippen molar-refractivity contribution in [3.63, 3.8) is 0 Å². The lowest BCUT2D eigenvalue weighted by Gasteiger charge is -2.14. The van der Waals surface area contributed by atoms with Crippen LogP contribution in [0.3, 0.4) is 0 Å². The van der Waals surface area contributed by atoms with Crippen LogP contribution in [0.1, 0.15) is 31.0 Å². The molecule has 2 rings (SSSR count). The van der Waals surface area contributed by atoms with E-state index in [2.05, 4.69) is 34.3 Å². The van der Waals surface area contributed by atoms with Gasteiger partial charge in [-0.25, -0.2) is 9.97 Å². The molecule has 100 valence electrons. The van der Waals surface area contributed by atoms with Crippen LogP contribution in [-0.2, 0) is 6.54 Å². The predicted molar refractivity (Wildman–Crippen MR) is 74.9 cm³/mol. The molecule has 1 atom stereocenters. The smallest absolute Gasteiger partial charge is 0.119 e. The largest absolute Gasteiger partial charge is 0.494 e. The van der Waals surface area contributed by atoms with Crippen LogP contribution >= 0.6 is 0 Å². The fourth-order valence-electron chi connectivity index (χ4n) is 1.83. The topological polar surface area (TPSA) is 47.0 Å². The first-order valence-electron chi connectivity index (χ1n) is 6.49. The third-order valence-electron chi connectivity index (χ3n) is 2.92. The molecule has 0 amide bonds. The Morgan fingerprint density at radius 3 is 2.47 bits per heavy atom. The normalized spacial score (nSPS) is 12.1. The van der Waals surface area contributed by atoms with Gasteiger partial charge in [0.2, 0.25) is 0 Å². The van der Waals surface area contributed by atoms with Crippen molar-refractivity contribution >= 4 is 0 Å². The molecule has 0 aliphatic heterocycles. The lowest BCUT2D eigenvalue weighted by Crippen LogP contribution is -2.18. The van der Waals surface area contributed by atoms with E-state index in [9.17, 15) is 0 Å². The Balaban J connectivity index is 1.90. The molecule has 1 aromatic heterocycles. The molecule has 0 saturated heterocycles. The molecular formula is C15H19N3O. The first-order valence-corrected chi connectivity index (χ1v) is 6.49. The minimum absolute atomic E-state index is 0.274. The van der Waals surface area contributed by atoms with Gasteiger partial charge in [0.25, 0.3) is 0 Å².